The zero-order valence-corrected chi connectivity index (χ0v) is 12.5. The first-order valence-electron chi connectivity index (χ1n) is 7.46. The van der Waals surface area contributed by atoms with E-state index in [1.165, 1.54) is 12.1 Å². The molecule has 5 heteroatoms. The van der Waals surface area contributed by atoms with E-state index in [4.69, 9.17) is 0 Å². The van der Waals surface area contributed by atoms with E-state index in [9.17, 15) is 13.6 Å². The summed E-state index contributed by atoms with van der Waals surface area (Å²) >= 11 is 0. The largest absolute Gasteiger partial charge is 0.336 e. The highest BCUT2D eigenvalue weighted by molar-refractivity contribution is 5.94. The SMILES string of the molecule is CC(C)N(CC1CCNCC1)C(=O)c1cccc(F)c1F. The van der Waals surface area contributed by atoms with Crippen molar-refractivity contribution in [2.24, 2.45) is 5.92 Å². The Morgan fingerprint density at radius 1 is 1.33 bits per heavy atom. The molecule has 1 aromatic carbocycles. The predicted octanol–water partition coefficient (Wildman–Crippen LogP) is 2.82. The van der Waals surface area contributed by atoms with Gasteiger partial charge in [0.05, 0.1) is 5.56 Å². The van der Waals surface area contributed by atoms with Crippen LogP contribution in [0.2, 0.25) is 0 Å². The van der Waals surface area contributed by atoms with Crippen LogP contribution in [0.5, 0.6) is 0 Å². The second-order valence-electron chi connectivity index (χ2n) is 5.85. The Bertz CT molecular complexity index is 499. The number of rotatable bonds is 4. The lowest BCUT2D eigenvalue weighted by molar-refractivity contribution is 0.0652. The normalized spacial score (nSPS) is 16.2. The van der Waals surface area contributed by atoms with Gasteiger partial charge in [-0.3, -0.25) is 4.79 Å². The molecule has 0 aliphatic carbocycles. The van der Waals surface area contributed by atoms with Gasteiger partial charge in [-0.05, 0) is 57.8 Å². The van der Waals surface area contributed by atoms with Crippen LogP contribution >= 0.6 is 0 Å². The van der Waals surface area contributed by atoms with Gasteiger partial charge < -0.3 is 10.2 Å². The topological polar surface area (TPSA) is 32.3 Å². The Hall–Kier alpha value is -1.49. The van der Waals surface area contributed by atoms with Crippen LogP contribution in [0, 0.1) is 17.6 Å². The standard InChI is InChI=1S/C16H22F2N2O/c1-11(2)20(10-12-6-8-19-9-7-12)16(21)13-4-3-5-14(17)15(13)18/h3-5,11-12,19H,6-10H2,1-2H3. The zero-order valence-electron chi connectivity index (χ0n) is 12.5. The van der Waals surface area contributed by atoms with Crippen LogP contribution in [0.15, 0.2) is 18.2 Å². The number of carbonyl (C=O) groups is 1. The molecule has 3 nitrogen and oxygen atoms in total. The van der Waals surface area contributed by atoms with Crippen LogP contribution in [0.3, 0.4) is 0 Å². The van der Waals surface area contributed by atoms with E-state index >= 15 is 0 Å². The van der Waals surface area contributed by atoms with E-state index < -0.39 is 17.5 Å². The minimum absolute atomic E-state index is 0.0462. The summed E-state index contributed by atoms with van der Waals surface area (Å²) in [7, 11) is 0. The number of hydrogen-bond donors (Lipinski definition) is 1. The van der Waals surface area contributed by atoms with E-state index in [1.807, 2.05) is 13.8 Å². The molecule has 1 heterocycles. The van der Waals surface area contributed by atoms with Gasteiger partial charge in [0.1, 0.15) is 0 Å². The Balaban J connectivity index is 2.17. The zero-order chi connectivity index (χ0) is 15.4. The molecular weight excluding hydrogens is 274 g/mol. The molecule has 21 heavy (non-hydrogen) atoms. The maximum absolute atomic E-state index is 13.8. The monoisotopic (exact) mass is 296 g/mol. The van der Waals surface area contributed by atoms with Crippen molar-refractivity contribution in [3.05, 3.63) is 35.4 Å². The molecule has 1 aliphatic heterocycles. The molecule has 0 aromatic heterocycles. The van der Waals surface area contributed by atoms with Crippen molar-refractivity contribution in [1.82, 2.24) is 10.2 Å². The number of nitrogens with one attached hydrogen (secondary N) is 1. The van der Waals surface area contributed by atoms with Crippen molar-refractivity contribution in [3.8, 4) is 0 Å². The molecule has 0 saturated carbocycles. The Morgan fingerprint density at radius 3 is 2.62 bits per heavy atom. The molecule has 1 fully saturated rings. The van der Waals surface area contributed by atoms with Gasteiger partial charge in [0.25, 0.3) is 5.91 Å². The maximum Gasteiger partial charge on any atom is 0.257 e. The number of benzene rings is 1. The molecule has 0 atom stereocenters. The molecule has 2 rings (SSSR count). The summed E-state index contributed by atoms with van der Waals surface area (Å²) in [6.07, 6.45) is 2.00. The maximum atomic E-state index is 13.8. The Labute approximate surface area is 124 Å². The van der Waals surface area contributed by atoms with Crippen LogP contribution in [-0.4, -0.2) is 36.5 Å². The van der Waals surface area contributed by atoms with Gasteiger partial charge in [0.2, 0.25) is 0 Å². The summed E-state index contributed by atoms with van der Waals surface area (Å²) in [4.78, 5) is 14.2. The average Bonchev–Trinajstić information content (AvgIpc) is 2.48. The number of piperidine rings is 1. The third kappa shape index (κ3) is 3.79. The van der Waals surface area contributed by atoms with Gasteiger partial charge in [0, 0.05) is 12.6 Å². The molecule has 0 bridgehead atoms. The molecule has 0 unspecified atom stereocenters. The molecule has 1 saturated heterocycles. The number of halogens is 2. The molecule has 116 valence electrons. The van der Waals surface area contributed by atoms with E-state index in [-0.39, 0.29) is 11.6 Å². The van der Waals surface area contributed by atoms with E-state index in [0.717, 1.165) is 32.0 Å². The Kier molecular flexibility index (Phi) is 5.28. The first-order valence-corrected chi connectivity index (χ1v) is 7.46. The van der Waals surface area contributed by atoms with Crippen molar-refractivity contribution in [3.63, 3.8) is 0 Å². The average molecular weight is 296 g/mol. The van der Waals surface area contributed by atoms with Gasteiger partial charge in [-0.15, -0.1) is 0 Å². The predicted molar refractivity (Wildman–Crippen MR) is 78.1 cm³/mol. The smallest absolute Gasteiger partial charge is 0.257 e. The summed E-state index contributed by atoms with van der Waals surface area (Å²) in [6, 6.07) is 3.70. The summed E-state index contributed by atoms with van der Waals surface area (Å²) < 4.78 is 27.1. The summed E-state index contributed by atoms with van der Waals surface area (Å²) in [5.41, 5.74) is -0.183. The third-order valence-corrected chi connectivity index (χ3v) is 3.98. The summed E-state index contributed by atoms with van der Waals surface area (Å²) in [5, 5.41) is 3.28. The molecule has 1 N–H and O–H groups in total. The van der Waals surface area contributed by atoms with E-state index in [2.05, 4.69) is 5.32 Å². The number of nitrogens with zero attached hydrogens (tertiary/aromatic N) is 1. The van der Waals surface area contributed by atoms with Crippen molar-refractivity contribution < 1.29 is 13.6 Å². The fourth-order valence-corrected chi connectivity index (χ4v) is 2.69. The molecule has 0 radical (unpaired) electrons. The van der Waals surface area contributed by atoms with Gasteiger partial charge in [-0.1, -0.05) is 6.07 Å². The fraction of sp³-hybridized carbons (Fsp3) is 0.562. The number of carbonyl (C=O) groups excluding carboxylic acids is 1. The number of amides is 1. The lowest BCUT2D eigenvalue weighted by atomic mass is 9.96. The van der Waals surface area contributed by atoms with Crippen LogP contribution in [0.1, 0.15) is 37.0 Å². The van der Waals surface area contributed by atoms with Crippen molar-refractivity contribution in [2.75, 3.05) is 19.6 Å². The highest BCUT2D eigenvalue weighted by Crippen LogP contribution is 2.19. The van der Waals surface area contributed by atoms with Crippen molar-refractivity contribution in [2.45, 2.75) is 32.7 Å². The second-order valence-corrected chi connectivity index (χ2v) is 5.85. The lowest BCUT2D eigenvalue weighted by Crippen LogP contribution is -2.43. The van der Waals surface area contributed by atoms with Gasteiger partial charge in [-0.2, -0.15) is 0 Å². The van der Waals surface area contributed by atoms with Crippen molar-refractivity contribution in [1.29, 1.82) is 0 Å². The quantitative estimate of drug-likeness (QED) is 0.926. The molecule has 1 aromatic rings. The molecule has 0 spiro atoms. The van der Waals surface area contributed by atoms with Crippen LogP contribution < -0.4 is 5.32 Å². The molecular formula is C16H22F2N2O. The lowest BCUT2D eigenvalue weighted by Gasteiger charge is -2.33. The first-order chi connectivity index (χ1) is 10.0. The summed E-state index contributed by atoms with van der Waals surface area (Å²) in [6.45, 7) is 6.28. The van der Waals surface area contributed by atoms with Crippen molar-refractivity contribution >= 4 is 5.91 Å². The van der Waals surface area contributed by atoms with Crippen LogP contribution in [-0.2, 0) is 0 Å². The minimum atomic E-state index is -1.06. The van der Waals surface area contributed by atoms with Gasteiger partial charge in [0.15, 0.2) is 11.6 Å². The fourth-order valence-electron chi connectivity index (χ4n) is 2.69. The van der Waals surface area contributed by atoms with Crippen LogP contribution in [0.4, 0.5) is 8.78 Å². The molecule has 1 aliphatic rings. The van der Waals surface area contributed by atoms with E-state index in [1.54, 1.807) is 4.90 Å². The van der Waals surface area contributed by atoms with Gasteiger partial charge in [-0.25, -0.2) is 8.78 Å². The Morgan fingerprint density at radius 2 is 2.00 bits per heavy atom. The van der Waals surface area contributed by atoms with E-state index in [0.29, 0.717) is 12.5 Å². The second kappa shape index (κ2) is 6.98. The summed E-state index contributed by atoms with van der Waals surface area (Å²) in [5.74, 6) is -2.06. The highest BCUT2D eigenvalue weighted by atomic mass is 19.2. The minimum Gasteiger partial charge on any atom is -0.336 e. The van der Waals surface area contributed by atoms with Crippen LogP contribution in [0.25, 0.3) is 0 Å². The third-order valence-electron chi connectivity index (χ3n) is 3.98. The first kappa shape index (κ1) is 15.9. The highest BCUT2D eigenvalue weighted by Gasteiger charge is 2.26. The van der Waals surface area contributed by atoms with Gasteiger partial charge >= 0.3 is 0 Å². The molecule has 1 amide bonds. The number of hydrogen-bond acceptors (Lipinski definition) is 2.